The smallest absolute Gasteiger partial charge is 0.170 e. The number of nitrogens with one attached hydrogen (secondary N) is 1. The minimum atomic E-state index is -0.112. The Kier molecular flexibility index (Phi) is 5.27. The zero-order chi connectivity index (χ0) is 19.5. The van der Waals surface area contributed by atoms with Crippen molar-refractivity contribution in [3.63, 3.8) is 0 Å². The predicted molar refractivity (Wildman–Crippen MR) is 112 cm³/mol. The average Bonchev–Trinajstić information content (AvgIpc) is 3.34. The van der Waals surface area contributed by atoms with Crippen LogP contribution in [0.2, 0.25) is 0 Å². The highest BCUT2D eigenvalue weighted by Crippen LogP contribution is 2.39. The van der Waals surface area contributed by atoms with Crippen LogP contribution in [0.15, 0.2) is 67.0 Å². The molecule has 3 aromatic rings. The summed E-state index contributed by atoms with van der Waals surface area (Å²) >= 11 is 5.58. The van der Waals surface area contributed by atoms with Gasteiger partial charge in [0, 0.05) is 36.4 Å². The van der Waals surface area contributed by atoms with Crippen LogP contribution >= 0.6 is 12.2 Å². The van der Waals surface area contributed by atoms with Gasteiger partial charge in [0.15, 0.2) is 5.11 Å². The number of ether oxygens (including phenoxy) is 1. The van der Waals surface area contributed by atoms with E-state index >= 15 is 0 Å². The Balaban J connectivity index is 1.80. The first-order valence-corrected chi connectivity index (χ1v) is 9.54. The van der Waals surface area contributed by atoms with Crippen molar-refractivity contribution in [3.8, 4) is 11.4 Å². The second kappa shape index (κ2) is 8.00. The molecule has 1 fully saturated rings. The molecule has 0 bridgehead atoms. The molecule has 0 saturated carbocycles. The number of nitrogens with zero attached hydrogens (tertiary/aromatic N) is 3. The summed E-state index contributed by atoms with van der Waals surface area (Å²) in [6.45, 7) is 0.469. The molecular formula is C21H22N4O2S. The summed E-state index contributed by atoms with van der Waals surface area (Å²) in [5.41, 5.74) is 2.97. The van der Waals surface area contributed by atoms with Crippen LogP contribution in [-0.4, -0.2) is 44.9 Å². The number of benzene rings is 1. The van der Waals surface area contributed by atoms with Crippen molar-refractivity contribution in [1.82, 2.24) is 19.8 Å². The molecule has 7 heteroatoms. The SMILES string of the molecule is COc1cccc(-n2cccc2[C@@H]2[C@H](c3ccccn3)NC(=S)N2CCO)c1. The summed E-state index contributed by atoms with van der Waals surface area (Å²) in [4.78, 5) is 6.57. The van der Waals surface area contributed by atoms with E-state index in [0.29, 0.717) is 11.7 Å². The standard InChI is InChI=1S/C21H22N4O2S/c1-27-16-7-4-6-15(14-16)24-11-5-9-18(24)20-19(17-8-2-3-10-22-17)23-21(28)25(20)12-13-26/h2-11,14,19-20,26H,12-13H2,1H3,(H,23,28)/t19-,20+/m0/s1. The number of methoxy groups -OCH3 is 1. The van der Waals surface area contributed by atoms with Crippen molar-refractivity contribution < 1.29 is 9.84 Å². The molecular weight excluding hydrogens is 372 g/mol. The van der Waals surface area contributed by atoms with Crippen LogP contribution in [0.3, 0.4) is 0 Å². The van der Waals surface area contributed by atoms with Crippen molar-refractivity contribution in [2.45, 2.75) is 12.1 Å². The molecule has 0 amide bonds. The van der Waals surface area contributed by atoms with Crippen LogP contribution in [0.25, 0.3) is 5.69 Å². The fourth-order valence-electron chi connectivity index (χ4n) is 3.71. The van der Waals surface area contributed by atoms with Crippen LogP contribution in [0.1, 0.15) is 23.5 Å². The first kappa shape index (κ1) is 18.5. The summed E-state index contributed by atoms with van der Waals surface area (Å²) in [7, 11) is 1.66. The van der Waals surface area contributed by atoms with Crippen molar-refractivity contribution in [2.24, 2.45) is 0 Å². The van der Waals surface area contributed by atoms with E-state index in [-0.39, 0.29) is 18.7 Å². The molecule has 4 rings (SSSR count). The average molecular weight is 395 g/mol. The molecule has 0 aliphatic carbocycles. The number of hydrogen-bond acceptors (Lipinski definition) is 4. The third kappa shape index (κ3) is 3.34. The molecule has 0 unspecified atom stereocenters. The number of β-amino-alcohol motifs (C(OH)–C–C–N with tert-alkyl or cyclic N) is 1. The van der Waals surface area contributed by atoms with E-state index in [9.17, 15) is 5.11 Å². The Morgan fingerprint density at radius 3 is 2.82 bits per heavy atom. The molecule has 3 heterocycles. The minimum absolute atomic E-state index is 0.0210. The molecule has 2 N–H and O–H groups in total. The number of aromatic nitrogens is 2. The molecule has 1 aromatic carbocycles. The van der Waals surface area contributed by atoms with Gasteiger partial charge in [-0.05, 0) is 48.6 Å². The van der Waals surface area contributed by atoms with Crippen LogP contribution in [-0.2, 0) is 0 Å². The van der Waals surface area contributed by atoms with Gasteiger partial charge in [-0.2, -0.15) is 0 Å². The van der Waals surface area contributed by atoms with Gasteiger partial charge in [0.25, 0.3) is 0 Å². The lowest BCUT2D eigenvalue weighted by molar-refractivity contribution is 0.220. The largest absolute Gasteiger partial charge is 0.497 e. The number of thiocarbonyl (C=S) groups is 1. The summed E-state index contributed by atoms with van der Waals surface area (Å²) in [6.07, 6.45) is 3.81. The van der Waals surface area contributed by atoms with E-state index in [0.717, 1.165) is 22.8 Å². The second-order valence-electron chi connectivity index (χ2n) is 6.55. The molecule has 0 radical (unpaired) electrons. The van der Waals surface area contributed by atoms with Gasteiger partial charge in [-0.25, -0.2) is 0 Å². The molecule has 28 heavy (non-hydrogen) atoms. The second-order valence-corrected chi connectivity index (χ2v) is 6.93. The van der Waals surface area contributed by atoms with Gasteiger partial charge >= 0.3 is 0 Å². The Morgan fingerprint density at radius 2 is 2.07 bits per heavy atom. The van der Waals surface area contributed by atoms with Crippen molar-refractivity contribution >= 4 is 17.3 Å². The van der Waals surface area contributed by atoms with E-state index in [1.165, 1.54) is 0 Å². The maximum Gasteiger partial charge on any atom is 0.170 e. The quantitative estimate of drug-likeness (QED) is 0.627. The molecule has 6 nitrogen and oxygen atoms in total. The molecule has 1 aliphatic rings. The molecule has 1 saturated heterocycles. The molecule has 0 spiro atoms. The van der Waals surface area contributed by atoms with Gasteiger partial charge in [0.1, 0.15) is 5.75 Å². The van der Waals surface area contributed by atoms with E-state index in [4.69, 9.17) is 17.0 Å². The lowest BCUT2D eigenvalue weighted by atomic mass is 10.0. The van der Waals surface area contributed by atoms with E-state index in [2.05, 4.69) is 20.9 Å². The van der Waals surface area contributed by atoms with Crippen LogP contribution in [0, 0.1) is 0 Å². The number of aliphatic hydroxyl groups is 1. The first-order chi connectivity index (χ1) is 13.7. The Hall–Kier alpha value is -2.90. The minimum Gasteiger partial charge on any atom is -0.497 e. The summed E-state index contributed by atoms with van der Waals surface area (Å²) in [6, 6.07) is 17.7. The maximum absolute atomic E-state index is 9.60. The Morgan fingerprint density at radius 1 is 1.18 bits per heavy atom. The Bertz CT molecular complexity index is 960. The number of hydrogen-bond donors (Lipinski definition) is 2. The van der Waals surface area contributed by atoms with Crippen molar-refractivity contribution in [3.05, 3.63) is 78.4 Å². The molecule has 144 valence electrons. The van der Waals surface area contributed by atoms with Gasteiger partial charge < -0.3 is 24.6 Å². The highest BCUT2D eigenvalue weighted by atomic mass is 32.1. The first-order valence-electron chi connectivity index (χ1n) is 9.13. The highest BCUT2D eigenvalue weighted by molar-refractivity contribution is 7.80. The summed E-state index contributed by atoms with van der Waals surface area (Å²) < 4.78 is 7.51. The van der Waals surface area contributed by atoms with E-state index < -0.39 is 0 Å². The van der Waals surface area contributed by atoms with Crippen LogP contribution in [0.4, 0.5) is 0 Å². The fraction of sp³-hybridized carbons (Fsp3) is 0.238. The van der Waals surface area contributed by atoms with E-state index in [1.807, 2.05) is 59.6 Å². The van der Waals surface area contributed by atoms with Gasteiger partial charge in [-0.3, -0.25) is 4.98 Å². The lowest BCUT2D eigenvalue weighted by Gasteiger charge is -2.28. The monoisotopic (exact) mass is 394 g/mol. The summed E-state index contributed by atoms with van der Waals surface area (Å²) in [5.74, 6) is 0.797. The summed E-state index contributed by atoms with van der Waals surface area (Å²) in [5, 5.41) is 13.6. The third-order valence-electron chi connectivity index (χ3n) is 4.95. The normalized spacial score (nSPS) is 18.9. The highest BCUT2D eigenvalue weighted by Gasteiger charge is 2.40. The van der Waals surface area contributed by atoms with Gasteiger partial charge in [0.05, 0.1) is 31.5 Å². The zero-order valence-electron chi connectivity index (χ0n) is 15.5. The topological polar surface area (TPSA) is 62.5 Å². The lowest BCUT2D eigenvalue weighted by Crippen LogP contribution is -2.32. The van der Waals surface area contributed by atoms with Gasteiger partial charge in [-0.15, -0.1) is 0 Å². The predicted octanol–water partition coefficient (Wildman–Crippen LogP) is 2.85. The van der Waals surface area contributed by atoms with Gasteiger partial charge in [-0.1, -0.05) is 12.1 Å². The fourth-order valence-corrected chi connectivity index (χ4v) is 4.04. The maximum atomic E-state index is 9.60. The Labute approximate surface area is 169 Å². The van der Waals surface area contributed by atoms with E-state index in [1.54, 1.807) is 13.3 Å². The van der Waals surface area contributed by atoms with Crippen molar-refractivity contribution in [1.29, 1.82) is 0 Å². The number of pyridine rings is 1. The zero-order valence-corrected chi connectivity index (χ0v) is 16.3. The number of rotatable bonds is 6. The molecule has 2 atom stereocenters. The molecule has 2 aromatic heterocycles. The van der Waals surface area contributed by atoms with Crippen LogP contribution < -0.4 is 10.1 Å². The third-order valence-corrected chi connectivity index (χ3v) is 5.31. The number of aliphatic hydroxyl groups excluding tert-OH is 1. The molecule has 1 aliphatic heterocycles. The van der Waals surface area contributed by atoms with Crippen molar-refractivity contribution in [2.75, 3.05) is 20.3 Å². The van der Waals surface area contributed by atoms with Crippen LogP contribution in [0.5, 0.6) is 5.75 Å². The van der Waals surface area contributed by atoms with Gasteiger partial charge in [0.2, 0.25) is 0 Å².